The topological polar surface area (TPSA) is 75.0 Å². The van der Waals surface area contributed by atoms with Gasteiger partial charge in [0.05, 0.1) is 29.8 Å². The van der Waals surface area contributed by atoms with Gasteiger partial charge in [0.2, 0.25) is 0 Å². The summed E-state index contributed by atoms with van der Waals surface area (Å²) in [5.74, 6) is -0.371. The van der Waals surface area contributed by atoms with Crippen molar-refractivity contribution in [1.29, 1.82) is 5.26 Å². The fourth-order valence-corrected chi connectivity index (χ4v) is 2.29. The number of fused-ring (bicyclic) bond motifs is 1. The average Bonchev–Trinajstić information content (AvgIpc) is 2.61. The van der Waals surface area contributed by atoms with E-state index in [9.17, 15) is 4.79 Å². The van der Waals surface area contributed by atoms with E-state index in [0.29, 0.717) is 11.1 Å². The number of nitrogens with one attached hydrogen (secondary N) is 1. The van der Waals surface area contributed by atoms with Gasteiger partial charge in [-0.3, -0.25) is 4.98 Å². The van der Waals surface area contributed by atoms with Crippen molar-refractivity contribution in [3.8, 4) is 6.07 Å². The molecule has 0 saturated heterocycles. The number of anilines is 2. The minimum atomic E-state index is -0.371. The first kappa shape index (κ1) is 14.5. The summed E-state index contributed by atoms with van der Waals surface area (Å²) in [5.41, 5.74) is 3.55. The van der Waals surface area contributed by atoms with Crippen LogP contribution in [0.25, 0.3) is 10.9 Å². The summed E-state index contributed by atoms with van der Waals surface area (Å²) in [6.45, 7) is 0. The van der Waals surface area contributed by atoms with Gasteiger partial charge in [-0.1, -0.05) is 0 Å². The zero-order valence-corrected chi connectivity index (χ0v) is 12.4. The highest BCUT2D eigenvalue weighted by atomic mass is 16.5. The van der Waals surface area contributed by atoms with Gasteiger partial charge in [-0.25, -0.2) is 4.79 Å². The lowest BCUT2D eigenvalue weighted by Crippen LogP contribution is -2.01. The summed E-state index contributed by atoms with van der Waals surface area (Å²) in [4.78, 5) is 15.7. The second-order valence-electron chi connectivity index (χ2n) is 4.90. The van der Waals surface area contributed by atoms with Gasteiger partial charge >= 0.3 is 5.97 Å². The Hall–Kier alpha value is -3.39. The fourth-order valence-electron chi connectivity index (χ4n) is 2.29. The van der Waals surface area contributed by atoms with Gasteiger partial charge in [0, 0.05) is 23.0 Å². The van der Waals surface area contributed by atoms with Crippen LogP contribution in [-0.2, 0) is 4.74 Å². The molecule has 0 aliphatic rings. The second kappa shape index (κ2) is 6.16. The first-order valence-electron chi connectivity index (χ1n) is 6.95. The van der Waals surface area contributed by atoms with E-state index in [1.807, 2.05) is 12.1 Å². The summed E-state index contributed by atoms with van der Waals surface area (Å²) in [5, 5.41) is 13.2. The Morgan fingerprint density at radius 2 is 1.96 bits per heavy atom. The highest BCUT2D eigenvalue weighted by Crippen LogP contribution is 2.26. The molecule has 1 N–H and O–H groups in total. The summed E-state index contributed by atoms with van der Waals surface area (Å²) < 4.78 is 4.68. The molecule has 3 aromatic rings. The van der Waals surface area contributed by atoms with Gasteiger partial charge in [-0.05, 0) is 48.5 Å². The second-order valence-corrected chi connectivity index (χ2v) is 4.90. The molecule has 0 atom stereocenters. The summed E-state index contributed by atoms with van der Waals surface area (Å²) in [7, 11) is 1.35. The normalized spacial score (nSPS) is 10.1. The van der Waals surface area contributed by atoms with E-state index in [1.54, 1.807) is 42.6 Å². The lowest BCUT2D eigenvalue weighted by molar-refractivity contribution is 0.0601. The average molecular weight is 303 g/mol. The highest BCUT2D eigenvalue weighted by Gasteiger charge is 2.06. The van der Waals surface area contributed by atoms with Crippen LogP contribution in [0.4, 0.5) is 11.4 Å². The number of pyridine rings is 1. The van der Waals surface area contributed by atoms with Gasteiger partial charge in [-0.2, -0.15) is 5.26 Å². The Kier molecular flexibility index (Phi) is 3.89. The standard InChI is InChI=1S/C18H13N3O2/c1-23-18(22)13-3-5-14(6-4-13)21-17-8-9-20-16-7-2-12(11-19)10-15(16)17/h2-10H,1H3,(H,20,21). The molecule has 112 valence electrons. The summed E-state index contributed by atoms with van der Waals surface area (Å²) in [6.07, 6.45) is 1.71. The minimum absolute atomic E-state index is 0.371. The number of nitrogens with zero attached hydrogens (tertiary/aromatic N) is 2. The van der Waals surface area contributed by atoms with Gasteiger partial charge in [0.15, 0.2) is 0 Å². The number of carbonyl (C=O) groups excluding carboxylic acids is 1. The van der Waals surface area contributed by atoms with Gasteiger partial charge < -0.3 is 10.1 Å². The first-order valence-corrected chi connectivity index (χ1v) is 6.95. The number of rotatable bonds is 3. The van der Waals surface area contributed by atoms with Crippen LogP contribution in [0.3, 0.4) is 0 Å². The van der Waals surface area contributed by atoms with E-state index in [1.165, 1.54) is 7.11 Å². The van der Waals surface area contributed by atoms with E-state index in [0.717, 1.165) is 22.3 Å². The molecular weight excluding hydrogens is 290 g/mol. The SMILES string of the molecule is COC(=O)c1ccc(Nc2ccnc3ccc(C#N)cc23)cc1. The monoisotopic (exact) mass is 303 g/mol. The molecule has 23 heavy (non-hydrogen) atoms. The molecule has 0 spiro atoms. The molecular formula is C18H13N3O2. The van der Waals surface area contributed by atoms with Crippen molar-refractivity contribution in [3.05, 3.63) is 65.9 Å². The molecule has 3 rings (SSSR count). The van der Waals surface area contributed by atoms with E-state index in [2.05, 4.69) is 21.1 Å². The van der Waals surface area contributed by atoms with Crippen molar-refractivity contribution in [2.24, 2.45) is 0 Å². The van der Waals surface area contributed by atoms with Gasteiger partial charge in [0.25, 0.3) is 0 Å². The van der Waals surface area contributed by atoms with Crippen LogP contribution in [0, 0.1) is 11.3 Å². The third-order valence-corrected chi connectivity index (χ3v) is 3.46. The Morgan fingerprint density at radius 3 is 2.65 bits per heavy atom. The number of hydrogen-bond donors (Lipinski definition) is 1. The Labute approximate surface area is 133 Å². The first-order chi connectivity index (χ1) is 11.2. The lowest BCUT2D eigenvalue weighted by atomic mass is 10.1. The molecule has 1 heterocycles. The van der Waals surface area contributed by atoms with Gasteiger partial charge in [-0.15, -0.1) is 0 Å². The Bertz CT molecular complexity index is 912. The van der Waals surface area contributed by atoms with Crippen LogP contribution in [0.2, 0.25) is 0 Å². The molecule has 0 bridgehead atoms. The molecule has 5 nitrogen and oxygen atoms in total. The quantitative estimate of drug-likeness (QED) is 0.748. The number of hydrogen-bond acceptors (Lipinski definition) is 5. The molecule has 0 radical (unpaired) electrons. The van der Waals surface area contributed by atoms with Crippen LogP contribution in [-0.4, -0.2) is 18.1 Å². The lowest BCUT2D eigenvalue weighted by Gasteiger charge is -2.10. The molecule has 0 aliphatic heterocycles. The number of methoxy groups -OCH3 is 1. The fraction of sp³-hybridized carbons (Fsp3) is 0.0556. The highest BCUT2D eigenvalue weighted by molar-refractivity contribution is 5.94. The largest absolute Gasteiger partial charge is 0.465 e. The van der Waals surface area contributed by atoms with Crippen molar-refractivity contribution in [1.82, 2.24) is 4.98 Å². The minimum Gasteiger partial charge on any atom is -0.465 e. The number of esters is 1. The third-order valence-electron chi connectivity index (χ3n) is 3.46. The van der Waals surface area contributed by atoms with Crippen molar-refractivity contribution >= 4 is 28.2 Å². The summed E-state index contributed by atoms with van der Waals surface area (Å²) >= 11 is 0. The van der Waals surface area contributed by atoms with Crippen molar-refractivity contribution in [2.45, 2.75) is 0 Å². The maximum absolute atomic E-state index is 11.4. The molecule has 0 unspecified atom stereocenters. The van der Waals surface area contributed by atoms with Crippen molar-refractivity contribution < 1.29 is 9.53 Å². The van der Waals surface area contributed by atoms with Crippen LogP contribution < -0.4 is 5.32 Å². The van der Waals surface area contributed by atoms with Crippen molar-refractivity contribution in [2.75, 3.05) is 12.4 Å². The molecule has 0 fully saturated rings. The zero-order chi connectivity index (χ0) is 16.2. The number of nitriles is 1. The van der Waals surface area contributed by atoms with E-state index >= 15 is 0 Å². The molecule has 5 heteroatoms. The van der Waals surface area contributed by atoms with E-state index in [4.69, 9.17) is 5.26 Å². The van der Waals surface area contributed by atoms with Crippen LogP contribution in [0.15, 0.2) is 54.7 Å². The van der Waals surface area contributed by atoms with E-state index < -0.39 is 0 Å². The number of aromatic nitrogens is 1. The van der Waals surface area contributed by atoms with E-state index in [-0.39, 0.29) is 5.97 Å². The van der Waals surface area contributed by atoms with Crippen LogP contribution >= 0.6 is 0 Å². The predicted molar refractivity (Wildman–Crippen MR) is 87.5 cm³/mol. The molecule has 2 aromatic carbocycles. The smallest absolute Gasteiger partial charge is 0.337 e. The van der Waals surface area contributed by atoms with Crippen LogP contribution in [0.1, 0.15) is 15.9 Å². The predicted octanol–water partition coefficient (Wildman–Crippen LogP) is 3.64. The van der Waals surface area contributed by atoms with Gasteiger partial charge in [0.1, 0.15) is 0 Å². The Balaban J connectivity index is 1.95. The number of carbonyl (C=O) groups is 1. The zero-order valence-electron chi connectivity index (χ0n) is 12.4. The number of ether oxygens (including phenoxy) is 1. The maximum Gasteiger partial charge on any atom is 0.337 e. The van der Waals surface area contributed by atoms with Crippen molar-refractivity contribution in [3.63, 3.8) is 0 Å². The number of benzene rings is 2. The summed E-state index contributed by atoms with van der Waals surface area (Å²) in [6, 6.07) is 16.3. The molecule has 0 saturated carbocycles. The third kappa shape index (κ3) is 2.97. The molecule has 1 aromatic heterocycles. The molecule has 0 amide bonds. The maximum atomic E-state index is 11.4. The van der Waals surface area contributed by atoms with Crippen LogP contribution in [0.5, 0.6) is 0 Å². The Morgan fingerprint density at radius 1 is 1.17 bits per heavy atom. The molecule has 0 aliphatic carbocycles.